The van der Waals surface area contributed by atoms with Gasteiger partial charge in [0.2, 0.25) is 17.7 Å². The van der Waals surface area contributed by atoms with E-state index in [0.29, 0.717) is 26.1 Å². The van der Waals surface area contributed by atoms with E-state index in [0.717, 1.165) is 25.7 Å². The van der Waals surface area contributed by atoms with E-state index in [2.05, 4.69) is 20.1 Å². The largest absolute Gasteiger partial charge is 0.394 e. The van der Waals surface area contributed by atoms with Crippen LogP contribution in [0.15, 0.2) is 25.3 Å². The number of rotatable bonds is 12. The lowest BCUT2D eigenvalue weighted by Crippen LogP contribution is -2.57. The van der Waals surface area contributed by atoms with Crippen LogP contribution in [0.2, 0.25) is 0 Å². The van der Waals surface area contributed by atoms with Gasteiger partial charge in [-0.1, -0.05) is 32.4 Å². The predicted octanol–water partition coefficient (Wildman–Crippen LogP) is 2.31. The molecule has 8 heteroatoms. The summed E-state index contributed by atoms with van der Waals surface area (Å²) in [5.41, 5.74) is 0. The molecular formula is C25H39N3O4S. The second-order valence-corrected chi connectivity index (χ2v) is 11.1. The quantitative estimate of drug-likeness (QED) is 0.436. The molecule has 3 rings (SSSR count). The minimum Gasteiger partial charge on any atom is -0.394 e. The molecule has 0 radical (unpaired) electrons. The van der Waals surface area contributed by atoms with Crippen molar-refractivity contribution >= 4 is 29.5 Å². The van der Waals surface area contributed by atoms with E-state index in [1.165, 1.54) is 0 Å². The lowest BCUT2D eigenvalue weighted by atomic mass is 9.70. The Balaban J connectivity index is 2.05. The van der Waals surface area contributed by atoms with Crippen molar-refractivity contribution in [2.24, 2.45) is 11.8 Å². The van der Waals surface area contributed by atoms with E-state index in [4.69, 9.17) is 0 Å². The second-order valence-electron chi connectivity index (χ2n) is 9.48. The molecule has 1 N–H and O–H groups in total. The van der Waals surface area contributed by atoms with Gasteiger partial charge >= 0.3 is 0 Å². The zero-order chi connectivity index (χ0) is 24.3. The van der Waals surface area contributed by atoms with Gasteiger partial charge in [0.05, 0.1) is 29.2 Å². The number of amides is 3. The van der Waals surface area contributed by atoms with Gasteiger partial charge in [-0.2, -0.15) is 0 Å². The summed E-state index contributed by atoms with van der Waals surface area (Å²) in [7, 11) is 1.74. The fourth-order valence-electron chi connectivity index (χ4n) is 5.97. The molecule has 1 spiro atoms. The van der Waals surface area contributed by atoms with Crippen molar-refractivity contribution in [3.05, 3.63) is 25.3 Å². The smallest absolute Gasteiger partial charge is 0.247 e. The van der Waals surface area contributed by atoms with Crippen LogP contribution in [0.3, 0.4) is 0 Å². The third-order valence-electron chi connectivity index (χ3n) is 7.55. The van der Waals surface area contributed by atoms with Gasteiger partial charge in [-0.05, 0) is 25.7 Å². The molecule has 184 valence electrons. The van der Waals surface area contributed by atoms with Gasteiger partial charge in [-0.3, -0.25) is 14.4 Å². The number of carbonyl (C=O) groups is 3. The van der Waals surface area contributed by atoms with E-state index >= 15 is 0 Å². The maximum atomic E-state index is 14.1. The van der Waals surface area contributed by atoms with Crippen LogP contribution >= 0.6 is 11.8 Å². The topological polar surface area (TPSA) is 81.2 Å². The number of likely N-dealkylation sites (tertiary alicyclic amines) is 1. The van der Waals surface area contributed by atoms with Crippen molar-refractivity contribution in [3.8, 4) is 0 Å². The van der Waals surface area contributed by atoms with Crippen LogP contribution in [0.1, 0.15) is 46.0 Å². The Bertz CT molecular complexity index is 786. The molecule has 3 aliphatic heterocycles. The molecule has 0 aromatic rings. The molecule has 3 amide bonds. The van der Waals surface area contributed by atoms with Crippen molar-refractivity contribution in [3.63, 3.8) is 0 Å². The first-order valence-corrected chi connectivity index (χ1v) is 13.1. The Hall–Kier alpha value is -1.80. The zero-order valence-electron chi connectivity index (χ0n) is 20.2. The molecule has 2 unspecified atom stereocenters. The fraction of sp³-hybridized carbons (Fsp3) is 0.720. The zero-order valence-corrected chi connectivity index (χ0v) is 21.1. The number of fused-ring (bicyclic) bond motifs is 1. The van der Waals surface area contributed by atoms with E-state index < -0.39 is 28.7 Å². The van der Waals surface area contributed by atoms with Crippen LogP contribution in [-0.4, -0.2) is 92.9 Å². The number of aliphatic hydroxyl groups excluding tert-OH is 1. The van der Waals surface area contributed by atoms with E-state index in [1.54, 1.807) is 45.7 Å². The van der Waals surface area contributed by atoms with Crippen molar-refractivity contribution in [1.82, 2.24) is 14.7 Å². The third-order valence-corrected chi connectivity index (χ3v) is 9.51. The maximum Gasteiger partial charge on any atom is 0.247 e. The average molecular weight is 478 g/mol. The Morgan fingerprint density at radius 1 is 1.27 bits per heavy atom. The standard InChI is InChI=1S/C25H39N3O4S/c1-6-10-15-27(14-8-3)24(32)21-25-12-11-18(33-25)19(22(30)26(5)13-7-2)20(25)23(31)28(21)17(9-4)16-29/h7-8,17-21,29H,2-3,6,9-16H2,1,4-5H3/t17-,18+,19-,20-,21?,25?/m0/s1. The Morgan fingerprint density at radius 2 is 1.97 bits per heavy atom. The number of nitrogens with zero attached hydrogens (tertiary/aromatic N) is 3. The molecule has 33 heavy (non-hydrogen) atoms. The average Bonchev–Trinajstić information content (AvgIpc) is 3.44. The van der Waals surface area contributed by atoms with Gasteiger partial charge in [-0.15, -0.1) is 24.9 Å². The van der Waals surface area contributed by atoms with Gasteiger partial charge in [-0.25, -0.2) is 0 Å². The van der Waals surface area contributed by atoms with Crippen molar-refractivity contribution in [2.75, 3.05) is 33.3 Å². The number of hydrogen-bond acceptors (Lipinski definition) is 5. The van der Waals surface area contributed by atoms with E-state index in [9.17, 15) is 19.5 Å². The molecule has 0 aliphatic carbocycles. The number of thioether (sulfide) groups is 1. The highest BCUT2D eigenvalue weighted by molar-refractivity contribution is 8.02. The molecule has 0 aromatic carbocycles. The summed E-state index contributed by atoms with van der Waals surface area (Å²) in [6, 6.07) is -1.11. The van der Waals surface area contributed by atoms with E-state index in [-0.39, 0.29) is 29.6 Å². The molecular weight excluding hydrogens is 438 g/mol. The Morgan fingerprint density at radius 3 is 2.55 bits per heavy atom. The van der Waals surface area contributed by atoms with Crippen molar-refractivity contribution in [2.45, 2.75) is 68.0 Å². The molecule has 3 heterocycles. The van der Waals surface area contributed by atoms with Gasteiger partial charge in [0, 0.05) is 31.9 Å². The molecule has 0 saturated carbocycles. The summed E-state index contributed by atoms with van der Waals surface area (Å²) in [6.07, 6.45) is 7.34. The molecule has 3 fully saturated rings. The molecule has 7 nitrogen and oxygen atoms in total. The van der Waals surface area contributed by atoms with Crippen molar-refractivity contribution in [1.29, 1.82) is 0 Å². The normalized spacial score (nSPS) is 30.8. The van der Waals surface area contributed by atoms with Crippen LogP contribution in [0.5, 0.6) is 0 Å². The summed E-state index contributed by atoms with van der Waals surface area (Å²) in [5, 5.41) is 10.2. The lowest BCUT2D eigenvalue weighted by Gasteiger charge is -2.39. The van der Waals surface area contributed by atoms with Crippen LogP contribution < -0.4 is 0 Å². The highest BCUT2D eigenvalue weighted by Crippen LogP contribution is 2.67. The monoisotopic (exact) mass is 477 g/mol. The Labute approximate surface area is 202 Å². The van der Waals surface area contributed by atoms with E-state index in [1.807, 2.05) is 6.92 Å². The molecule has 0 aromatic heterocycles. The summed E-state index contributed by atoms with van der Waals surface area (Å²) >= 11 is 1.67. The van der Waals surface area contributed by atoms with Crippen molar-refractivity contribution < 1.29 is 19.5 Å². The minimum atomic E-state index is -0.665. The Kier molecular flexibility index (Phi) is 8.32. The van der Waals surface area contributed by atoms with Crippen LogP contribution in [0.4, 0.5) is 0 Å². The van der Waals surface area contributed by atoms with Gasteiger partial charge in [0.25, 0.3) is 0 Å². The van der Waals surface area contributed by atoms with Crippen LogP contribution in [0, 0.1) is 11.8 Å². The van der Waals surface area contributed by atoms with Crippen LogP contribution in [-0.2, 0) is 14.4 Å². The van der Waals surface area contributed by atoms with Gasteiger partial charge in [0.1, 0.15) is 6.04 Å². The number of carbonyl (C=O) groups excluding carboxylic acids is 3. The summed E-state index contributed by atoms with van der Waals surface area (Å²) in [6.45, 7) is 12.8. The SMILES string of the molecule is C=CCN(C)C(=O)[C@@H]1[C@H]2C(=O)N([C@@H](CC)CO)C(C(=O)N(CC=C)CCCC)C23CC[C@H]1S3. The highest BCUT2D eigenvalue weighted by Gasteiger charge is 2.74. The third kappa shape index (κ3) is 4.25. The number of likely N-dealkylation sites (N-methyl/N-ethyl adjacent to an activating group) is 1. The fourth-order valence-corrected chi connectivity index (χ4v) is 8.16. The molecule has 6 atom stereocenters. The summed E-state index contributed by atoms with van der Waals surface area (Å²) in [4.78, 5) is 46.5. The van der Waals surface area contributed by atoms with Crippen LogP contribution in [0.25, 0.3) is 0 Å². The van der Waals surface area contributed by atoms with Gasteiger partial charge < -0.3 is 19.8 Å². The summed E-state index contributed by atoms with van der Waals surface area (Å²) in [5.74, 6) is -1.25. The maximum absolute atomic E-state index is 14.1. The minimum absolute atomic E-state index is 0.0360. The molecule has 3 aliphatic rings. The first-order valence-electron chi connectivity index (χ1n) is 12.2. The molecule has 3 saturated heterocycles. The number of aliphatic hydroxyl groups is 1. The second kappa shape index (κ2) is 10.6. The summed E-state index contributed by atoms with van der Waals surface area (Å²) < 4.78 is -0.623. The first-order chi connectivity index (χ1) is 15.8. The van der Waals surface area contributed by atoms with Gasteiger partial charge in [0.15, 0.2) is 0 Å². The number of hydrogen-bond donors (Lipinski definition) is 1. The number of unbranched alkanes of at least 4 members (excludes halogenated alkanes) is 1. The molecule has 2 bridgehead atoms. The first kappa shape index (κ1) is 25.8. The highest BCUT2D eigenvalue weighted by atomic mass is 32.2. The lowest BCUT2D eigenvalue weighted by molar-refractivity contribution is -0.146. The predicted molar refractivity (Wildman–Crippen MR) is 132 cm³/mol.